The molecule has 1 aliphatic carbocycles. The van der Waals surface area contributed by atoms with Gasteiger partial charge in [-0.25, -0.2) is 31.9 Å². The van der Waals surface area contributed by atoms with Gasteiger partial charge in [0, 0.05) is 30.2 Å². The number of nitrogens with one attached hydrogen (secondary N) is 1. The third-order valence-electron chi connectivity index (χ3n) is 5.34. The highest BCUT2D eigenvalue weighted by atomic mass is 32.2. The van der Waals surface area contributed by atoms with Crippen molar-refractivity contribution in [2.24, 2.45) is 5.41 Å². The highest BCUT2D eigenvalue weighted by Gasteiger charge is 2.38. The van der Waals surface area contributed by atoms with E-state index in [0.29, 0.717) is 37.2 Å². The Kier molecular flexibility index (Phi) is 5.96. The van der Waals surface area contributed by atoms with Crippen molar-refractivity contribution in [1.82, 2.24) is 19.3 Å². The first kappa shape index (κ1) is 24.5. The van der Waals surface area contributed by atoms with Crippen LogP contribution in [0.4, 0.5) is 22.0 Å². The molecule has 184 valence electrons. The molecule has 0 saturated heterocycles. The second-order valence-corrected chi connectivity index (χ2v) is 11.7. The predicted octanol–water partition coefficient (Wildman–Crippen LogP) is 5.02. The molecule has 4 rings (SSSR count). The van der Waals surface area contributed by atoms with Gasteiger partial charge in [0.15, 0.2) is 5.69 Å². The lowest BCUT2D eigenvalue weighted by Gasteiger charge is -2.19. The smallest absolute Gasteiger partial charge is 0.332 e. The third-order valence-corrected chi connectivity index (χ3v) is 7.23. The van der Waals surface area contributed by atoms with Crippen molar-refractivity contribution in [2.75, 3.05) is 0 Å². The molecule has 0 unspecified atom stereocenters. The van der Waals surface area contributed by atoms with E-state index in [1.807, 2.05) is 20.8 Å². The molecule has 0 amide bonds. The van der Waals surface area contributed by atoms with Crippen molar-refractivity contribution in [3.8, 4) is 11.3 Å². The highest BCUT2D eigenvalue weighted by molar-refractivity contribution is 7.90. The number of nitrogens with zero attached hydrogens (tertiary/aromatic N) is 3. The zero-order chi connectivity index (χ0) is 25.1. The fourth-order valence-corrected chi connectivity index (χ4v) is 5.08. The second-order valence-electron chi connectivity index (χ2n) is 9.65. The molecule has 1 fully saturated rings. The Morgan fingerprint density at radius 3 is 2.41 bits per heavy atom. The summed E-state index contributed by atoms with van der Waals surface area (Å²) in [4.78, 5) is 7.28. The van der Waals surface area contributed by atoms with E-state index in [-0.39, 0.29) is 23.0 Å². The van der Waals surface area contributed by atoms with E-state index in [9.17, 15) is 26.0 Å². The number of halogens is 5. The van der Waals surface area contributed by atoms with E-state index in [4.69, 9.17) is 0 Å². The molecular weight excluding hydrogens is 479 g/mol. The molecule has 34 heavy (non-hydrogen) atoms. The van der Waals surface area contributed by atoms with Crippen LogP contribution < -0.4 is 4.72 Å². The van der Waals surface area contributed by atoms with Crippen molar-refractivity contribution >= 4 is 21.1 Å². The number of alkyl halides is 3. The van der Waals surface area contributed by atoms with Gasteiger partial charge in [0.25, 0.3) is 0 Å². The number of hydrogen-bond acceptors (Lipinski definition) is 4. The molecule has 0 aromatic carbocycles. The van der Waals surface area contributed by atoms with Crippen LogP contribution in [0.15, 0.2) is 24.5 Å². The topological polar surface area (TPSA) is 76.9 Å². The molecule has 0 atom stereocenters. The summed E-state index contributed by atoms with van der Waals surface area (Å²) in [7, 11) is -3.52. The Morgan fingerprint density at radius 1 is 1.15 bits per heavy atom. The van der Waals surface area contributed by atoms with Gasteiger partial charge in [0.2, 0.25) is 10.0 Å². The van der Waals surface area contributed by atoms with E-state index in [1.165, 1.54) is 0 Å². The average molecular weight is 503 g/mol. The zero-order valence-electron chi connectivity index (χ0n) is 18.7. The van der Waals surface area contributed by atoms with E-state index in [0.717, 1.165) is 6.07 Å². The van der Waals surface area contributed by atoms with Gasteiger partial charge in [-0.3, -0.25) is 0 Å². The molecule has 12 heteroatoms. The first-order chi connectivity index (χ1) is 15.7. The summed E-state index contributed by atoms with van der Waals surface area (Å²) in [5, 5.41) is -0.194. The quantitative estimate of drug-likeness (QED) is 0.480. The monoisotopic (exact) mass is 502 g/mol. The average Bonchev–Trinajstić information content (AvgIpc) is 3.50. The Hall–Kier alpha value is -2.60. The van der Waals surface area contributed by atoms with Gasteiger partial charge < -0.3 is 4.57 Å². The summed E-state index contributed by atoms with van der Waals surface area (Å²) in [6.45, 7) is 6.03. The lowest BCUT2D eigenvalue weighted by molar-refractivity contribution is -0.140. The Balaban J connectivity index is 1.87. The summed E-state index contributed by atoms with van der Waals surface area (Å²) in [5.74, 6) is -2.17. The van der Waals surface area contributed by atoms with Gasteiger partial charge in [-0.2, -0.15) is 13.2 Å². The minimum absolute atomic E-state index is 0.123. The summed E-state index contributed by atoms with van der Waals surface area (Å²) < 4.78 is 98.1. The number of fused-ring (bicyclic) bond motifs is 1. The van der Waals surface area contributed by atoms with Gasteiger partial charge in [-0.1, -0.05) is 20.8 Å². The van der Waals surface area contributed by atoms with Gasteiger partial charge in [-0.05, 0) is 36.0 Å². The second kappa shape index (κ2) is 8.26. The van der Waals surface area contributed by atoms with Crippen molar-refractivity contribution in [3.63, 3.8) is 0 Å². The van der Waals surface area contributed by atoms with Crippen molar-refractivity contribution in [2.45, 2.75) is 58.1 Å². The van der Waals surface area contributed by atoms with Crippen molar-refractivity contribution < 1.29 is 30.4 Å². The molecule has 3 aromatic heterocycles. The van der Waals surface area contributed by atoms with E-state index < -0.39 is 50.0 Å². The van der Waals surface area contributed by atoms with Crippen LogP contribution >= 0.6 is 0 Å². The molecule has 1 aliphatic rings. The molecule has 0 aliphatic heterocycles. The van der Waals surface area contributed by atoms with Crippen molar-refractivity contribution in [3.05, 3.63) is 47.4 Å². The van der Waals surface area contributed by atoms with Crippen LogP contribution in [0.1, 0.15) is 44.9 Å². The molecule has 3 aromatic rings. The van der Waals surface area contributed by atoms with Gasteiger partial charge in [0.1, 0.15) is 23.0 Å². The summed E-state index contributed by atoms with van der Waals surface area (Å²) in [6, 6.07) is 1.55. The van der Waals surface area contributed by atoms with Crippen LogP contribution in [0.3, 0.4) is 0 Å². The van der Waals surface area contributed by atoms with Crippen LogP contribution in [-0.2, 0) is 29.3 Å². The third kappa shape index (κ3) is 5.07. The number of aromatic nitrogens is 3. The molecule has 1 saturated carbocycles. The number of hydrogen-bond donors (Lipinski definition) is 1. The van der Waals surface area contributed by atoms with Crippen LogP contribution in [0.25, 0.3) is 22.3 Å². The van der Waals surface area contributed by atoms with E-state index in [2.05, 4.69) is 14.7 Å². The Labute approximate surface area is 193 Å². The Morgan fingerprint density at radius 2 is 1.82 bits per heavy atom. The first-order valence-electron chi connectivity index (χ1n) is 10.6. The molecule has 3 heterocycles. The first-order valence-corrected chi connectivity index (χ1v) is 12.1. The minimum atomic E-state index is -4.95. The maximum atomic E-state index is 15.1. The van der Waals surface area contributed by atoms with Gasteiger partial charge >= 0.3 is 6.18 Å². The zero-order valence-corrected chi connectivity index (χ0v) is 19.5. The normalized spacial score (nSPS) is 15.3. The lowest BCUT2D eigenvalue weighted by atomic mass is 9.97. The van der Waals surface area contributed by atoms with E-state index in [1.54, 1.807) is 10.8 Å². The number of pyridine rings is 2. The molecular formula is C22H23F5N4O2S. The maximum Gasteiger partial charge on any atom is 0.434 e. The minimum Gasteiger partial charge on any atom is -0.332 e. The van der Waals surface area contributed by atoms with E-state index >= 15 is 4.39 Å². The van der Waals surface area contributed by atoms with Gasteiger partial charge in [-0.15, -0.1) is 0 Å². The van der Waals surface area contributed by atoms with Crippen LogP contribution in [0, 0.1) is 17.0 Å². The Bertz CT molecular complexity index is 1360. The standard InChI is InChI=1S/C22H23F5N4O2S/c1-21(2,3)11-31-10-12(8-29-34(32,33)14-4-5-14)15-7-17(24)18(30-20(15)31)16-6-13(23)9-28-19(16)22(25,26)27/h6-7,9-10,14,29H,4-5,8,11H2,1-3H3. The molecule has 1 N–H and O–H groups in total. The lowest BCUT2D eigenvalue weighted by Crippen LogP contribution is -2.26. The molecule has 0 bridgehead atoms. The van der Waals surface area contributed by atoms with Gasteiger partial charge in [0.05, 0.1) is 11.4 Å². The maximum absolute atomic E-state index is 15.1. The highest BCUT2D eigenvalue weighted by Crippen LogP contribution is 2.38. The summed E-state index contributed by atoms with van der Waals surface area (Å²) in [5.41, 5.74) is -2.66. The molecule has 0 radical (unpaired) electrons. The predicted molar refractivity (Wildman–Crippen MR) is 116 cm³/mol. The number of rotatable bonds is 6. The SMILES string of the molecule is CC(C)(C)Cn1cc(CNS(=O)(=O)C2CC2)c2cc(F)c(-c3cc(F)cnc3C(F)(F)F)nc21. The fraction of sp³-hybridized carbons (Fsp3) is 0.455. The van der Waals surface area contributed by atoms with Crippen molar-refractivity contribution in [1.29, 1.82) is 0 Å². The van der Waals surface area contributed by atoms with Crippen LogP contribution in [0.2, 0.25) is 0 Å². The molecule has 0 spiro atoms. The van der Waals surface area contributed by atoms with Crippen LogP contribution in [0.5, 0.6) is 0 Å². The largest absolute Gasteiger partial charge is 0.434 e. The summed E-state index contributed by atoms with van der Waals surface area (Å²) >= 11 is 0. The molecule has 6 nitrogen and oxygen atoms in total. The van der Waals surface area contributed by atoms with Crippen LogP contribution in [-0.4, -0.2) is 28.2 Å². The summed E-state index contributed by atoms with van der Waals surface area (Å²) in [6.07, 6.45) is -1.79. The fourth-order valence-electron chi connectivity index (χ4n) is 3.73. The number of sulfonamides is 1.